The third-order valence-corrected chi connectivity index (χ3v) is 5.45. The van der Waals surface area contributed by atoms with Gasteiger partial charge in [-0.1, -0.05) is 0 Å². The predicted molar refractivity (Wildman–Crippen MR) is 122 cm³/mol. The van der Waals surface area contributed by atoms with Crippen LogP contribution in [0.3, 0.4) is 0 Å². The number of halogens is 3. The Morgan fingerprint density at radius 1 is 1.06 bits per heavy atom. The van der Waals surface area contributed by atoms with Crippen LogP contribution in [0.5, 0.6) is 5.88 Å². The Hall–Kier alpha value is -4.08. The lowest BCUT2D eigenvalue weighted by molar-refractivity contribution is -0.137. The topological polar surface area (TPSA) is 91.9 Å². The summed E-state index contributed by atoms with van der Waals surface area (Å²) in [5, 5.41) is 5.88. The molecule has 0 saturated heterocycles. The highest BCUT2D eigenvalue weighted by Gasteiger charge is 2.30. The van der Waals surface area contributed by atoms with Crippen molar-refractivity contribution in [3.63, 3.8) is 0 Å². The Morgan fingerprint density at radius 3 is 2.53 bits per heavy atom. The molecule has 4 aromatic rings. The largest absolute Gasteiger partial charge is 0.477 e. The van der Waals surface area contributed by atoms with E-state index in [1.165, 1.54) is 25.0 Å². The van der Waals surface area contributed by atoms with E-state index < -0.39 is 17.8 Å². The van der Waals surface area contributed by atoms with Crippen LogP contribution in [-0.2, 0) is 6.18 Å². The molecule has 10 heteroatoms. The Morgan fingerprint density at radius 2 is 1.85 bits per heavy atom. The number of hydrogen-bond donors (Lipinski definition) is 3. The van der Waals surface area contributed by atoms with Crippen LogP contribution in [0.1, 0.15) is 18.4 Å². The molecule has 1 aromatic carbocycles. The van der Waals surface area contributed by atoms with Gasteiger partial charge in [-0.05, 0) is 61.2 Å². The van der Waals surface area contributed by atoms with Crippen molar-refractivity contribution < 1.29 is 22.7 Å². The molecule has 0 aliphatic heterocycles. The van der Waals surface area contributed by atoms with Crippen molar-refractivity contribution in [3.8, 4) is 17.1 Å². The van der Waals surface area contributed by atoms with Crippen LogP contribution in [0.2, 0.25) is 0 Å². The van der Waals surface area contributed by atoms with Crippen molar-refractivity contribution in [2.24, 2.45) is 5.92 Å². The summed E-state index contributed by atoms with van der Waals surface area (Å²) >= 11 is 0. The Bertz CT molecular complexity index is 1310. The summed E-state index contributed by atoms with van der Waals surface area (Å²) in [5.74, 6) is 1.24. The Balaban J connectivity index is 1.24. The van der Waals surface area contributed by atoms with E-state index in [1.54, 1.807) is 12.4 Å². The molecule has 1 aliphatic carbocycles. The van der Waals surface area contributed by atoms with Crippen LogP contribution in [0, 0.1) is 5.92 Å². The predicted octanol–water partition coefficient (Wildman–Crippen LogP) is 6.08. The van der Waals surface area contributed by atoms with Crippen LogP contribution < -0.4 is 15.4 Å². The van der Waals surface area contributed by atoms with Gasteiger partial charge in [0.05, 0.1) is 23.6 Å². The minimum atomic E-state index is -4.43. The fourth-order valence-corrected chi connectivity index (χ4v) is 3.40. The summed E-state index contributed by atoms with van der Waals surface area (Å²) in [6.07, 6.45) is 1.30. The van der Waals surface area contributed by atoms with E-state index in [1.807, 2.05) is 24.3 Å². The van der Waals surface area contributed by atoms with Gasteiger partial charge in [-0.3, -0.25) is 0 Å². The van der Waals surface area contributed by atoms with E-state index in [0.717, 1.165) is 17.7 Å². The first-order chi connectivity index (χ1) is 16.3. The second-order valence-electron chi connectivity index (χ2n) is 8.09. The number of H-pyrrole nitrogens is 1. The van der Waals surface area contributed by atoms with Gasteiger partial charge in [0.1, 0.15) is 5.65 Å². The lowest BCUT2D eigenvalue weighted by Gasteiger charge is -2.09. The number of aromatic nitrogens is 3. The Labute approximate surface area is 192 Å². The minimum absolute atomic E-state index is 0.239. The smallest absolute Gasteiger partial charge is 0.416 e. The number of ether oxygens (including phenoxy) is 1. The summed E-state index contributed by atoms with van der Waals surface area (Å²) in [6.45, 7) is 0.696. The molecule has 3 heterocycles. The van der Waals surface area contributed by atoms with Crippen LogP contribution in [-0.4, -0.2) is 27.6 Å². The lowest BCUT2D eigenvalue weighted by atomic mass is 10.1. The third-order valence-electron chi connectivity index (χ3n) is 5.45. The van der Waals surface area contributed by atoms with Crippen LogP contribution in [0.25, 0.3) is 22.3 Å². The van der Waals surface area contributed by atoms with Crippen LogP contribution in [0.15, 0.2) is 60.9 Å². The number of nitrogens with zero attached hydrogens (tertiary/aromatic N) is 2. The highest BCUT2D eigenvalue weighted by molar-refractivity contribution is 6.05. The molecule has 1 saturated carbocycles. The van der Waals surface area contributed by atoms with Crippen molar-refractivity contribution in [1.82, 2.24) is 15.0 Å². The normalized spacial score (nSPS) is 13.6. The third kappa shape index (κ3) is 4.95. The maximum atomic E-state index is 12.7. The number of aromatic amines is 1. The molecule has 1 aliphatic rings. The van der Waals surface area contributed by atoms with Gasteiger partial charge in [-0.25, -0.2) is 14.8 Å². The van der Waals surface area contributed by atoms with E-state index in [0.29, 0.717) is 40.8 Å². The summed E-state index contributed by atoms with van der Waals surface area (Å²) < 4.78 is 43.7. The van der Waals surface area contributed by atoms with Gasteiger partial charge in [-0.2, -0.15) is 13.2 Å². The maximum Gasteiger partial charge on any atom is 0.416 e. The number of hydrogen-bond acceptors (Lipinski definition) is 4. The van der Waals surface area contributed by atoms with Crippen molar-refractivity contribution in [2.45, 2.75) is 19.0 Å². The number of anilines is 2. The molecule has 34 heavy (non-hydrogen) atoms. The summed E-state index contributed by atoms with van der Waals surface area (Å²) in [6, 6.07) is 11.0. The number of carbonyl (C=O) groups is 1. The van der Waals surface area contributed by atoms with Gasteiger partial charge in [0.2, 0.25) is 5.88 Å². The number of fused-ring (bicyclic) bond motifs is 1. The first-order valence-corrected chi connectivity index (χ1v) is 10.7. The van der Waals surface area contributed by atoms with Crippen molar-refractivity contribution in [2.75, 3.05) is 17.2 Å². The molecule has 174 valence electrons. The lowest BCUT2D eigenvalue weighted by Crippen LogP contribution is -2.19. The number of amides is 2. The average Bonchev–Trinajstić information content (AvgIpc) is 3.57. The molecule has 7 nitrogen and oxygen atoms in total. The number of benzene rings is 1. The standard InChI is InChI=1S/C24H20F3N5O2/c25-24(26,27)16-4-6-17(7-5-16)30-23(33)32-20-12-29-22-18(20)8-9-19(31-22)15-3-10-21(28-11-15)34-13-14-1-2-14/h3-12,14H,1-2,13H2,(H,29,31)(H2,30,32,33). The molecule has 3 aromatic heterocycles. The van der Waals surface area contributed by atoms with E-state index in [-0.39, 0.29) is 5.69 Å². The van der Waals surface area contributed by atoms with Crippen molar-refractivity contribution in [3.05, 3.63) is 66.5 Å². The quantitative estimate of drug-likeness (QED) is 0.321. The fraction of sp³-hybridized carbons (Fsp3) is 0.208. The molecule has 0 spiro atoms. The van der Waals surface area contributed by atoms with Crippen LogP contribution in [0.4, 0.5) is 29.3 Å². The molecule has 3 N–H and O–H groups in total. The number of carbonyl (C=O) groups excluding carboxylic acids is 1. The number of alkyl halides is 3. The van der Waals surface area contributed by atoms with Gasteiger partial charge in [0.15, 0.2) is 0 Å². The monoisotopic (exact) mass is 467 g/mol. The minimum Gasteiger partial charge on any atom is -0.477 e. The number of nitrogens with one attached hydrogen (secondary N) is 3. The van der Waals surface area contributed by atoms with Crippen molar-refractivity contribution >= 4 is 28.4 Å². The van der Waals surface area contributed by atoms with E-state index in [2.05, 4.69) is 25.6 Å². The maximum absolute atomic E-state index is 12.7. The summed E-state index contributed by atoms with van der Waals surface area (Å²) in [7, 11) is 0. The Kier molecular flexibility index (Phi) is 5.56. The van der Waals surface area contributed by atoms with E-state index >= 15 is 0 Å². The molecule has 1 fully saturated rings. The SMILES string of the molecule is O=C(Nc1ccc(C(F)(F)F)cc1)Nc1c[nH]c2nc(-c3ccc(OCC4CC4)nc3)ccc12. The van der Waals surface area contributed by atoms with Gasteiger partial charge in [-0.15, -0.1) is 0 Å². The average molecular weight is 467 g/mol. The second-order valence-corrected chi connectivity index (χ2v) is 8.09. The molecule has 0 unspecified atom stereocenters. The number of urea groups is 1. The van der Waals surface area contributed by atoms with Gasteiger partial charge in [0.25, 0.3) is 0 Å². The fourth-order valence-electron chi connectivity index (χ4n) is 3.40. The molecule has 2 amide bonds. The van der Waals surface area contributed by atoms with Crippen molar-refractivity contribution in [1.29, 1.82) is 0 Å². The molecule has 0 radical (unpaired) electrons. The number of rotatable bonds is 6. The van der Waals surface area contributed by atoms with Crippen LogP contribution >= 0.6 is 0 Å². The first kappa shape index (κ1) is 21.7. The van der Waals surface area contributed by atoms with E-state index in [9.17, 15) is 18.0 Å². The van der Waals surface area contributed by atoms with Gasteiger partial charge < -0.3 is 20.4 Å². The molecular formula is C24H20F3N5O2. The van der Waals surface area contributed by atoms with Gasteiger partial charge in [0, 0.05) is 35.1 Å². The zero-order valence-corrected chi connectivity index (χ0v) is 17.8. The zero-order chi connectivity index (χ0) is 23.7. The summed E-state index contributed by atoms with van der Waals surface area (Å²) in [4.78, 5) is 24.3. The van der Waals surface area contributed by atoms with Gasteiger partial charge >= 0.3 is 12.2 Å². The van der Waals surface area contributed by atoms with E-state index in [4.69, 9.17) is 4.74 Å². The number of pyridine rings is 2. The molecule has 5 rings (SSSR count). The summed E-state index contributed by atoms with van der Waals surface area (Å²) in [5.41, 5.74) is 2.04. The molecule has 0 atom stereocenters. The first-order valence-electron chi connectivity index (χ1n) is 10.7. The second kappa shape index (κ2) is 8.69. The zero-order valence-electron chi connectivity index (χ0n) is 17.8. The molecular weight excluding hydrogens is 447 g/mol. The molecule has 0 bridgehead atoms. The highest BCUT2D eigenvalue weighted by atomic mass is 19.4. The highest BCUT2D eigenvalue weighted by Crippen LogP contribution is 2.31.